The monoisotopic (exact) mass is 304 g/mol. The summed E-state index contributed by atoms with van der Waals surface area (Å²) in [6, 6.07) is 6.56. The van der Waals surface area contributed by atoms with E-state index in [4.69, 9.17) is 0 Å². The molecule has 1 amide bonds. The van der Waals surface area contributed by atoms with Crippen LogP contribution in [-0.2, 0) is 11.3 Å². The average Bonchev–Trinajstić information content (AvgIpc) is 3.23. The molecule has 3 rings (SSSR count). The highest BCUT2D eigenvalue weighted by molar-refractivity contribution is 5.81. The van der Waals surface area contributed by atoms with E-state index in [0.717, 1.165) is 50.4 Å². The molecule has 4 heteroatoms. The SMILES string of the molecule is C[C@@H]1C[C@H]1CNC(=O)[C@@H]1CCCCN1Cc1ccc(F)cc1. The smallest absolute Gasteiger partial charge is 0.237 e. The molecule has 3 nitrogen and oxygen atoms in total. The van der Waals surface area contributed by atoms with Crippen LogP contribution in [0.1, 0.15) is 38.2 Å². The molecule has 1 heterocycles. The fourth-order valence-corrected chi connectivity index (χ4v) is 3.33. The third-order valence-electron chi connectivity index (χ3n) is 5.03. The van der Waals surface area contributed by atoms with Gasteiger partial charge in [0.15, 0.2) is 0 Å². The van der Waals surface area contributed by atoms with Crippen LogP contribution in [0, 0.1) is 17.7 Å². The highest BCUT2D eigenvalue weighted by Crippen LogP contribution is 2.36. The Morgan fingerprint density at radius 3 is 2.73 bits per heavy atom. The van der Waals surface area contributed by atoms with Crippen molar-refractivity contribution < 1.29 is 9.18 Å². The topological polar surface area (TPSA) is 32.3 Å². The summed E-state index contributed by atoms with van der Waals surface area (Å²) >= 11 is 0. The first kappa shape index (κ1) is 15.5. The molecule has 2 aliphatic rings. The van der Waals surface area contributed by atoms with Gasteiger partial charge in [0.05, 0.1) is 6.04 Å². The zero-order valence-corrected chi connectivity index (χ0v) is 13.2. The zero-order valence-electron chi connectivity index (χ0n) is 13.2. The number of likely N-dealkylation sites (tertiary alicyclic amines) is 1. The molecule has 1 N–H and O–H groups in total. The van der Waals surface area contributed by atoms with Crippen molar-refractivity contribution in [1.29, 1.82) is 0 Å². The second-order valence-electron chi connectivity index (χ2n) is 6.83. The van der Waals surface area contributed by atoms with Crippen LogP contribution in [0.2, 0.25) is 0 Å². The number of piperidine rings is 1. The lowest BCUT2D eigenvalue weighted by Gasteiger charge is -2.34. The number of rotatable bonds is 5. The molecule has 120 valence electrons. The van der Waals surface area contributed by atoms with Crippen molar-refractivity contribution in [3.05, 3.63) is 35.6 Å². The van der Waals surface area contributed by atoms with Gasteiger partial charge in [0.25, 0.3) is 0 Å². The molecule has 0 bridgehead atoms. The molecule has 1 aromatic carbocycles. The number of hydrogen-bond donors (Lipinski definition) is 1. The molecule has 1 aliphatic carbocycles. The highest BCUT2D eigenvalue weighted by atomic mass is 19.1. The van der Waals surface area contributed by atoms with E-state index in [1.165, 1.54) is 18.6 Å². The van der Waals surface area contributed by atoms with Crippen LogP contribution in [0.25, 0.3) is 0 Å². The van der Waals surface area contributed by atoms with Gasteiger partial charge < -0.3 is 5.32 Å². The van der Waals surface area contributed by atoms with E-state index in [-0.39, 0.29) is 17.8 Å². The van der Waals surface area contributed by atoms with Crippen molar-refractivity contribution in [3.8, 4) is 0 Å². The van der Waals surface area contributed by atoms with Crippen molar-refractivity contribution in [2.45, 2.75) is 45.2 Å². The van der Waals surface area contributed by atoms with Gasteiger partial charge in [0.2, 0.25) is 5.91 Å². The molecule has 0 unspecified atom stereocenters. The molecule has 0 aromatic heterocycles. The first-order chi connectivity index (χ1) is 10.6. The molecule has 0 spiro atoms. The van der Waals surface area contributed by atoms with E-state index < -0.39 is 0 Å². The van der Waals surface area contributed by atoms with Gasteiger partial charge in [-0.05, 0) is 55.3 Å². The minimum Gasteiger partial charge on any atom is -0.354 e. The molecular weight excluding hydrogens is 279 g/mol. The minimum absolute atomic E-state index is 0.0344. The summed E-state index contributed by atoms with van der Waals surface area (Å²) < 4.78 is 13.0. The Kier molecular flexibility index (Phi) is 4.77. The van der Waals surface area contributed by atoms with E-state index in [1.54, 1.807) is 0 Å². The second-order valence-corrected chi connectivity index (χ2v) is 6.83. The van der Waals surface area contributed by atoms with E-state index in [1.807, 2.05) is 12.1 Å². The van der Waals surface area contributed by atoms with Crippen molar-refractivity contribution in [1.82, 2.24) is 10.2 Å². The Balaban J connectivity index is 1.57. The molecule has 1 saturated heterocycles. The highest BCUT2D eigenvalue weighted by Gasteiger charge is 2.34. The number of carbonyl (C=O) groups is 1. The predicted octanol–water partition coefficient (Wildman–Crippen LogP) is 2.95. The number of amides is 1. The van der Waals surface area contributed by atoms with E-state index in [9.17, 15) is 9.18 Å². The lowest BCUT2D eigenvalue weighted by Crippen LogP contribution is -2.49. The van der Waals surface area contributed by atoms with Gasteiger partial charge in [-0.1, -0.05) is 25.5 Å². The standard InChI is InChI=1S/C18H25FN2O/c1-13-10-15(13)11-20-18(22)17-4-2-3-9-21(17)12-14-5-7-16(19)8-6-14/h5-8,13,15,17H,2-4,9-12H2,1H3,(H,20,22)/t13-,15+,17+/m1/s1. The van der Waals surface area contributed by atoms with E-state index in [2.05, 4.69) is 17.1 Å². The zero-order chi connectivity index (χ0) is 15.5. The van der Waals surface area contributed by atoms with Crippen molar-refractivity contribution in [2.75, 3.05) is 13.1 Å². The molecule has 1 saturated carbocycles. The number of nitrogens with one attached hydrogen (secondary N) is 1. The van der Waals surface area contributed by atoms with Crippen LogP contribution in [-0.4, -0.2) is 29.9 Å². The Morgan fingerprint density at radius 1 is 1.32 bits per heavy atom. The number of hydrogen-bond acceptors (Lipinski definition) is 2. The maximum absolute atomic E-state index is 13.0. The third-order valence-corrected chi connectivity index (χ3v) is 5.03. The average molecular weight is 304 g/mol. The molecule has 22 heavy (non-hydrogen) atoms. The summed E-state index contributed by atoms with van der Waals surface area (Å²) in [4.78, 5) is 14.7. The number of halogens is 1. The molecule has 1 aromatic rings. The van der Waals surface area contributed by atoms with Crippen LogP contribution in [0.3, 0.4) is 0 Å². The molecule has 3 atom stereocenters. The van der Waals surface area contributed by atoms with Gasteiger partial charge in [0, 0.05) is 13.1 Å². The van der Waals surface area contributed by atoms with Crippen molar-refractivity contribution in [3.63, 3.8) is 0 Å². The van der Waals surface area contributed by atoms with E-state index >= 15 is 0 Å². The predicted molar refractivity (Wildman–Crippen MR) is 84.7 cm³/mol. The maximum Gasteiger partial charge on any atom is 0.237 e. The number of benzene rings is 1. The maximum atomic E-state index is 13.0. The van der Waals surface area contributed by atoms with Crippen LogP contribution in [0.4, 0.5) is 4.39 Å². The Labute approximate surface area is 131 Å². The summed E-state index contributed by atoms with van der Waals surface area (Å²) in [7, 11) is 0. The largest absolute Gasteiger partial charge is 0.354 e. The summed E-state index contributed by atoms with van der Waals surface area (Å²) in [5.74, 6) is 1.40. The Morgan fingerprint density at radius 2 is 2.05 bits per heavy atom. The molecule has 2 fully saturated rings. The van der Waals surface area contributed by atoms with Gasteiger partial charge in [-0.2, -0.15) is 0 Å². The van der Waals surface area contributed by atoms with E-state index in [0.29, 0.717) is 5.92 Å². The van der Waals surface area contributed by atoms with Crippen LogP contribution < -0.4 is 5.32 Å². The first-order valence-electron chi connectivity index (χ1n) is 8.39. The minimum atomic E-state index is -0.213. The van der Waals surface area contributed by atoms with Gasteiger partial charge >= 0.3 is 0 Å². The van der Waals surface area contributed by atoms with Crippen molar-refractivity contribution >= 4 is 5.91 Å². The van der Waals surface area contributed by atoms with Gasteiger partial charge in [0.1, 0.15) is 5.82 Å². The summed E-state index contributed by atoms with van der Waals surface area (Å²) in [5.41, 5.74) is 1.07. The van der Waals surface area contributed by atoms with Gasteiger partial charge in [-0.15, -0.1) is 0 Å². The molecular formula is C18H25FN2O. The van der Waals surface area contributed by atoms with Gasteiger partial charge in [-0.3, -0.25) is 9.69 Å². The quantitative estimate of drug-likeness (QED) is 0.907. The number of nitrogens with zero attached hydrogens (tertiary/aromatic N) is 1. The number of carbonyl (C=O) groups excluding carboxylic acids is 1. The van der Waals surface area contributed by atoms with Crippen molar-refractivity contribution in [2.24, 2.45) is 11.8 Å². The summed E-state index contributed by atoms with van der Waals surface area (Å²) in [6.45, 7) is 4.71. The fraction of sp³-hybridized carbons (Fsp3) is 0.611. The Hall–Kier alpha value is -1.42. The third kappa shape index (κ3) is 3.86. The van der Waals surface area contributed by atoms with Gasteiger partial charge in [-0.25, -0.2) is 4.39 Å². The normalized spacial score (nSPS) is 28.4. The van der Waals surface area contributed by atoms with Crippen LogP contribution >= 0.6 is 0 Å². The summed E-state index contributed by atoms with van der Waals surface area (Å²) in [6.07, 6.45) is 4.40. The molecule has 1 aliphatic heterocycles. The summed E-state index contributed by atoms with van der Waals surface area (Å²) in [5, 5.41) is 3.13. The first-order valence-corrected chi connectivity index (χ1v) is 8.39. The second kappa shape index (κ2) is 6.78. The Bertz CT molecular complexity index is 516. The lowest BCUT2D eigenvalue weighted by atomic mass is 10.00. The fourth-order valence-electron chi connectivity index (χ4n) is 3.33. The van der Waals surface area contributed by atoms with Crippen LogP contribution in [0.5, 0.6) is 0 Å². The molecule has 0 radical (unpaired) electrons. The van der Waals surface area contributed by atoms with Crippen LogP contribution in [0.15, 0.2) is 24.3 Å². The lowest BCUT2D eigenvalue weighted by molar-refractivity contribution is -0.128.